The van der Waals surface area contributed by atoms with Gasteiger partial charge in [0, 0.05) is 19.3 Å². The summed E-state index contributed by atoms with van der Waals surface area (Å²) in [5.74, 6) is -0.969. The lowest BCUT2D eigenvalue weighted by molar-refractivity contribution is -0.167. The summed E-state index contributed by atoms with van der Waals surface area (Å²) in [6, 6.07) is 0. The van der Waals surface area contributed by atoms with Gasteiger partial charge in [-0.3, -0.25) is 14.4 Å². The highest BCUT2D eigenvalue weighted by molar-refractivity contribution is 5.71. The third-order valence-corrected chi connectivity index (χ3v) is 11.7. The van der Waals surface area contributed by atoms with E-state index in [2.05, 4.69) is 69.4 Å². The van der Waals surface area contributed by atoms with Crippen molar-refractivity contribution in [3.63, 3.8) is 0 Å². The van der Waals surface area contributed by atoms with E-state index in [4.69, 9.17) is 14.2 Å². The molecular formula is C62H102O6. The molecule has 0 spiro atoms. The molecule has 0 aliphatic heterocycles. The molecule has 0 aromatic heterocycles. The zero-order chi connectivity index (χ0) is 49.3. The van der Waals surface area contributed by atoms with Gasteiger partial charge in [0.05, 0.1) is 0 Å². The largest absolute Gasteiger partial charge is 0.462 e. The van der Waals surface area contributed by atoms with Crippen LogP contribution in [0.1, 0.15) is 245 Å². The van der Waals surface area contributed by atoms with Crippen molar-refractivity contribution >= 4 is 17.9 Å². The fraction of sp³-hybridized carbons (Fsp3) is 0.661. The van der Waals surface area contributed by atoms with Crippen LogP contribution in [0.15, 0.2) is 109 Å². The van der Waals surface area contributed by atoms with E-state index in [9.17, 15) is 14.4 Å². The van der Waals surface area contributed by atoms with E-state index >= 15 is 0 Å². The zero-order valence-corrected chi connectivity index (χ0v) is 44.1. The minimum Gasteiger partial charge on any atom is -0.462 e. The molecule has 386 valence electrons. The van der Waals surface area contributed by atoms with Crippen LogP contribution in [0.2, 0.25) is 0 Å². The van der Waals surface area contributed by atoms with Crippen molar-refractivity contribution in [1.82, 2.24) is 0 Å². The highest BCUT2D eigenvalue weighted by atomic mass is 16.6. The van der Waals surface area contributed by atoms with E-state index in [0.29, 0.717) is 19.3 Å². The number of allylic oxidation sites excluding steroid dienone is 18. The number of hydrogen-bond acceptors (Lipinski definition) is 6. The smallest absolute Gasteiger partial charge is 0.306 e. The SMILES string of the molecule is CC\C=C/C=C\C=C/C=C\C=C\C=C/CCCCCC(=O)OC(COC(=O)CCCCCCC/C=C\C=C/CCCCCCCCC)COC(=O)CCCCCCCCC/C=C\CCCCCC. The van der Waals surface area contributed by atoms with Crippen LogP contribution < -0.4 is 0 Å². The van der Waals surface area contributed by atoms with Crippen molar-refractivity contribution in [2.75, 3.05) is 13.2 Å². The summed E-state index contributed by atoms with van der Waals surface area (Å²) in [7, 11) is 0. The molecule has 0 aromatic rings. The Balaban J connectivity index is 4.52. The maximum absolute atomic E-state index is 12.8. The minimum atomic E-state index is -0.812. The predicted octanol–water partition coefficient (Wildman–Crippen LogP) is 18.7. The van der Waals surface area contributed by atoms with E-state index in [1.807, 2.05) is 60.8 Å². The quantitative estimate of drug-likeness (QED) is 0.0199. The van der Waals surface area contributed by atoms with E-state index in [1.54, 1.807) is 0 Å². The molecule has 1 unspecified atom stereocenters. The van der Waals surface area contributed by atoms with Crippen LogP contribution in [0.4, 0.5) is 0 Å². The van der Waals surface area contributed by atoms with Gasteiger partial charge in [0.2, 0.25) is 0 Å². The van der Waals surface area contributed by atoms with Gasteiger partial charge < -0.3 is 14.2 Å². The molecule has 0 saturated carbocycles. The van der Waals surface area contributed by atoms with Gasteiger partial charge in [-0.2, -0.15) is 0 Å². The summed E-state index contributed by atoms with van der Waals surface area (Å²) >= 11 is 0. The second-order valence-electron chi connectivity index (χ2n) is 18.3. The minimum absolute atomic E-state index is 0.105. The van der Waals surface area contributed by atoms with Gasteiger partial charge in [-0.05, 0) is 89.9 Å². The number of carbonyl (C=O) groups excluding carboxylic acids is 3. The van der Waals surface area contributed by atoms with E-state index in [1.165, 1.54) is 116 Å². The lowest BCUT2D eigenvalue weighted by atomic mass is 10.1. The topological polar surface area (TPSA) is 78.9 Å². The molecule has 0 rings (SSSR count). The molecule has 0 aliphatic rings. The third kappa shape index (κ3) is 53.0. The summed E-state index contributed by atoms with van der Waals surface area (Å²) < 4.78 is 16.8. The fourth-order valence-corrected chi connectivity index (χ4v) is 7.46. The van der Waals surface area contributed by atoms with Gasteiger partial charge in [-0.25, -0.2) is 0 Å². The number of esters is 3. The van der Waals surface area contributed by atoms with Crippen LogP contribution in [0, 0.1) is 0 Å². The number of carbonyl (C=O) groups is 3. The normalized spacial score (nSPS) is 12.9. The van der Waals surface area contributed by atoms with Gasteiger partial charge >= 0.3 is 17.9 Å². The van der Waals surface area contributed by atoms with Crippen molar-refractivity contribution in [2.24, 2.45) is 0 Å². The Bertz CT molecular complexity index is 1410. The van der Waals surface area contributed by atoms with Gasteiger partial charge in [0.1, 0.15) is 13.2 Å². The number of unbranched alkanes of at least 4 members (excludes halogenated alkanes) is 26. The zero-order valence-electron chi connectivity index (χ0n) is 44.1. The molecular weight excluding hydrogens is 841 g/mol. The molecule has 0 N–H and O–H groups in total. The molecule has 0 bridgehead atoms. The summed E-state index contributed by atoms with van der Waals surface area (Å²) in [4.78, 5) is 38.1. The lowest BCUT2D eigenvalue weighted by Crippen LogP contribution is -2.30. The molecule has 0 radical (unpaired) electrons. The Morgan fingerprint density at radius 2 is 0.588 bits per heavy atom. The summed E-state index contributed by atoms with van der Waals surface area (Å²) in [6.45, 7) is 6.42. The van der Waals surface area contributed by atoms with Gasteiger partial charge in [0.25, 0.3) is 0 Å². The van der Waals surface area contributed by atoms with Gasteiger partial charge in [-0.15, -0.1) is 0 Å². The van der Waals surface area contributed by atoms with Crippen molar-refractivity contribution in [3.8, 4) is 0 Å². The van der Waals surface area contributed by atoms with Gasteiger partial charge in [0.15, 0.2) is 6.10 Å². The Morgan fingerprint density at radius 1 is 0.309 bits per heavy atom. The molecule has 68 heavy (non-hydrogen) atoms. The predicted molar refractivity (Wildman–Crippen MR) is 293 cm³/mol. The third-order valence-electron chi connectivity index (χ3n) is 11.7. The monoisotopic (exact) mass is 943 g/mol. The van der Waals surface area contributed by atoms with Crippen molar-refractivity contribution in [3.05, 3.63) is 109 Å². The Kier molecular flexibility index (Phi) is 52.4. The van der Waals surface area contributed by atoms with Crippen LogP contribution in [-0.2, 0) is 28.6 Å². The first-order chi connectivity index (χ1) is 33.5. The molecule has 0 heterocycles. The maximum atomic E-state index is 12.8. The molecule has 0 aliphatic carbocycles. The second kappa shape index (κ2) is 55.7. The lowest BCUT2D eigenvalue weighted by Gasteiger charge is -2.18. The van der Waals surface area contributed by atoms with E-state index in [-0.39, 0.29) is 37.5 Å². The van der Waals surface area contributed by atoms with Crippen molar-refractivity contribution in [2.45, 2.75) is 252 Å². The molecule has 0 amide bonds. The van der Waals surface area contributed by atoms with Crippen LogP contribution in [0.5, 0.6) is 0 Å². The first kappa shape index (κ1) is 64.1. The molecule has 6 heteroatoms. The van der Waals surface area contributed by atoms with Crippen LogP contribution >= 0.6 is 0 Å². The maximum Gasteiger partial charge on any atom is 0.306 e. The van der Waals surface area contributed by atoms with Crippen LogP contribution in [0.25, 0.3) is 0 Å². The van der Waals surface area contributed by atoms with Crippen LogP contribution in [-0.4, -0.2) is 37.2 Å². The standard InChI is InChI=1S/C62H102O6/c1-4-7-10-13-16-19-22-25-28-30-32-34-37-40-43-46-49-52-55-61(64)67-58-59(57-66-60(63)54-51-48-45-42-39-36-33-27-24-21-18-15-12-9-6-3)68-62(65)56-53-50-47-44-41-38-35-31-29-26-23-20-17-14-11-8-5-2/h8,11,14,17,20-21,23-24,26,28-32,34-35,38,41,59H,4-7,9-10,12-13,15-16,18-19,22,25,27,33,36-37,39-40,42-58H2,1-3H3/b11-8-,17-14-,23-20-,24-21-,29-26-,30-28-,34-32-,35-31+,41-38-. The summed E-state index contributed by atoms with van der Waals surface area (Å²) in [5, 5.41) is 0. The Morgan fingerprint density at radius 3 is 0.985 bits per heavy atom. The van der Waals surface area contributed by atoms with E-state index in [0.717, 1.165) is 83.5 Å². The molecule has 6 nitrogen and oxygen atoms in total. The summed E-state index contributed by atoms with van der Waals surface area (Å²) in [6.07, 6.45) is 75.0. The van der Waals surface area contributed by atoms with E-state index < -0.39 is 6.10 Å². The van der Waals surface area contributed by atoms with Crippen molar-refractivity contribution in [1.29, 1.82) is 0 Å². The fourth-order valence-electron chi connectivity index (χ4n) is 7.46. The Hall–Kier alpha value is -3.93. The second-order valence-corrected chi connectivity index (χ2v) is 18.3. The Labute approximate surface area is 419 Å². The average molecular weight is 943 g/mol. The molecule has 1 atom stereocenters. The van der Waals surface area contributed by atoms with Crippen LogP contribution in [0.3, 0.4) is 0 Å². The molecule has 0 aromatic carbocycles. The average Bonchev–Trinajstić information content (AvgIpc) is 3.34. The number of hydrogen-bond donors (Lipinski definition) is 0. The number of ether oxygens (including phenoxy) is 3. The highest BCUT2D eigenvalue weighted by Crippen LogP contribution is 2.14. The highest BCUT2D eigenvalue weighted by Gasteiger charge is 2.19. The number of rotatable bonds is 49. The first-order valence-electron chi connectivity index (χ1n) is 28.0. The molecule has 0 fully saturated rings. The molecule has 0 saturated heterocycles. The van der Waals surface area contributed by atoms with Crippen molar-refractivity contribution < 1.29 is 28.6 Å². The summed E-state index contributed by atoms with van der Waals surface area (Å²) in [5.41, 5.74) is 0. The van der Waals surface area contributed by atoms with Gasteiger partial charge in [-0.1, -0.05) is 246 Å². The first-order valence-corrected chi connectivity index (χ1v) is 28.0.